The number of hydrogen-bond acceptors (Lipinski definition) is 2. The van der Waals surface area contributed by atoms with Crippen LogP contribution in [0.15, 0.2) is 80.1 Å². The molecule has 0 spiro atoms. The lowest BCUT2D eigenvalue weighted by Gasteiger charge is -2.06. The van der Waals surface area contributed by atoms with Crippen LogP contribution in [0.3, 0.4) is 0 Å². The molecule has 3 aromatic rings. The minimum atomic E-state index is -0.977. The minimum absolute atomic E-state index is 0.202. The van der Waals surface area contributed by atoms with Crippen molar-refractivity contribution in [1.82, 2.24) is 9.78 Å². The van der Waals surface area contributed by atoms with Gasteiger partial charge in [-0.1, -0.05) is 43.9 Å². The molecule has 0 aliphatic rings. The van der Waals surface area contributed by atoms with Crippen LogP contribution in [0.2, 0.25) is 0 Å². The van der Waals surface area contributed by atoms with Gasteiger partial charge in [0.1, 0.15) is 0 Å². The molecule has 0 saturated carbocycles. The molecular formula is C22H22N2O2. The second-order valence-corrected chi connectivity index (χ2v) is 4.60. The molecular weight excluding hydrogens is 324 g/mol. The summed E-state index contributed by atoms with van der Waals surface area (Å²) in [5, 5.41) is 13.3. The molecule has 1 aromatic heterocycles. The van der Waals surface area contributed by atoms with E-state index < -0.39 is 5.97 Å². The molecule has 0 aliphatic carbocycles. The number of hydrogen-bond donors (Lipinski definition) is 1. The van der Waals surface area contributed by atoms with Crippen LogP contribution >= 0.6 is 0 Å². The Morgan fingerprint density at radius 1 is 1.04 bits per heavy atom. The zero-order chi connectivity index (χ0) is 19.4. The van der Waals surface area contributed by atoms with Crippen LogP contribution < -0.4 is 0 Å². The van der Waals surface area contributed by atoms with Gasteiger partial charge in [-0.05, 0) is 36.4 Å². The number of carboxylic acids is 1. The molecule has 132 valence electrons. The fourth-order valence-corrected chi connectivity index (χ4v) is 2.04. The Morgan fingerprint density at radius 2 is 1.73 bits per heavy atom. The van der Waals surface area contributed by atoms with Crippen molar-refractivity contribution in [1.29, 1.82) is 0 Å². The third-order valence-electron chi connectivity index (χ3n) is 3.11. The van der Waals surface area contributed by atoms with Gasteiger partial charge in [0.15, 0.2) is 0 Å². The Balaban J connectivity index is 0.000000791. The van der Waals surface area contributed by atoms with E-state index in [0.29, 0.717) is 5.56 Å². The number of rotatable bonds is 2. The SMILES string of the molecule is C=C.CC.O=C(O)c1ccc(-n2cccn2)c(C#Cc2ccccc2)c1. The van der Waals surface area contributed by atoms with Crippen molar-refractivity contribution in [3.05, 3.63) is 96.8 Å². The molecule has 0 atom stereocenters. The fraction of sp³-hybridized carbons (Fsp3) is 0.0909. The van der Waals surface area contributed by atoms with Crippen molar-refractivity contribution >= 4 is 5.97 Å². The number of benzene rings is 2. The molecule has 0 bridgehead atoms. The van der Waals surface area contributed by atoms with E-state index in [9.17, 15) is 4.79 Å². The third kappa shape index (κ3) is 5.50. The maximum Gasteiger partial charge on any atom is 0.335 e. The number of carboxylic acid groups (broad SMARTS) is 1. The summed E-state index contributed by atoms with van der Waals surface area (Å²) in [6.45, 7) is 10.0. The highest BCUT2D eigenvalue weighted by Crippen LogP contribution is 2.15. The predicted octanol–water partition coefficient (Wildman–Crippen LogP) is 4.80. The average Bonchev–Trinajstić information content (AvgIpc) is 3.24. The van der Waals surface area contributed by atoms with E-state index in [2.05, 4.69) is 30.1 Å². The first kappa shape index (κ1) is 20.5. The van der Waals surface area contributed by atoms with Gasteiger partial charge in [0, 0.05) is 18.0 Å². The Morgan fingerprint density at radius 3 is 2.31 bits per heavy atom. The summed E-state index contributed by atoms with van der Waals surface area (Å²) in [6, 6.07) is 16.2. The molecule has 1 heterocycles. The molecule has 0 saturated heterocycles. The van der Waals surface area contributed by atoms with E-state index >= 15 is 0 Å². The lowest BCUT2D eigenvalue weighted by atomic mass is 10.1. The van der Waals surface area contributed by atoms with Crippen LogP contribution in [0, 0.1) is 11.8 Å². The number of aromatic nitrogens is 2. The van der Waals surface area contributed by atoms with Crippen LogP contribution in [0.25, 0.3) is 5.69 Å². The fourth-order valence-electron chi connectivity index (χ4n) is 2.04. The number of nitrogens with zero attached hydrogens (tertiary/aromatic N) is 2. The van der Waals surface area contributed by atoms with E-state index in [-0.39, 0.29) is 5.56 Å². The predicted molar refractivity (Wildman–Crippen MR) is 106 cm³/mol. The summed E-state index contributed by atoms with van der Waals surface area (Å²) >= 11 is 0. The molecule has 3 rings (SSSR count). The first-order valence-electron chi connectivity index (χ1n) is 8.18. The molecule has 1 N–H and O–H groups in total. The lowest BCUT2D eigenvalue weighted by molar-refractivity contribution is 0.0697. The van der Waals surface area contributed by atoms with Crippen LogP contribution in [-0.4, -0.2) is 20.9 Å². The van der Waals surface area contributed by atoms with Gasteiger partial charge in [-0.25, -0.2) is 9.48 Å². The minimum Gasteiger partial charge on any atom is -0.478 e. The summed E-state index contributed by atoms with van der Waals surface area (Å²) in [5.74, 6) is 5.11. The first-order chi connectivity index (χ1) is 12.7. The molecule has 4 nitrogen and oxygen atoms in total. The van der Waals surface area contributed by atoms with Gasteiger partial charge in [-0.3, -0.25) is 0 Å². The Hall–Kier alpha value is -3.58. The summed E-state index contributed by atoms with van der Waals surface area (Å²) in [5.41, 5.74) is 2.44. The Labute approximate surface area is 154 Å². The van der Waals surface area contributed by atoms with Crippen molar-refractivity contribution in [2.75, 3.05) is 0 Å². The van der Waals surface area contributed by atoms with Crippen LogP contribution in [0.1, 0.15) is 35.3 Å². The van der Waals surface area contributed by atoms with Gasteiger partial charge >= 0.3 is 5.97 Å². The summed E-state index contributed by atoms with van der Waals surface area (Å²) in [6.07, 6.45) is 3.46. The van der Waals surface area contributed by atoms with E-state index in [1.165, 1.54) is 0 Å². The normalized spacial score (nSPS) is 8.69. The maximum absolute atomic E-state index is 11.2. The van der Waals surface area contributed by atoms with Crippen LogP contribution in [0.4, 0.5) is 0 Å². The monoisotopic (exact) mass is 346 g/mol. The highest BCUT2D eigenvalue weighted by atomic mass is 16.4. The maximum atomic E-state index is 11.2. The molecule has 26 heavy (non-hydrogen) atoms. The van der Waals surface area contributed by atoms with Gasteiger partial charge in [0.25, 0.3) is 0 Å². The summed E-state index contributed by atoms with van der Waals surface area (Å²) < 4.78 is 1.67. The molecule has 0 unspecified atom stereocenters. The summed E-state index contributed by atoms with van der Waals surface area (Å²) in [7, 11) is 0. The number of aromatic carboxylic acids is 1. The first-order valence-corrected chi connectivity index (χ1v) is 8.18. The van der Waals surface area contributed by atoms with Gasteiger partial charge in [-0.15, -0.1) is 13.2 Å². The largest absolute Gasteiger partial charge is 0.478 e. The lowest BCUT2D eigenvalue weighted by Crippen LogP contribution is -2.02. The Kier molecular flexibility index (Phi) is 8.70. The van der Waals surface area contributed by atoms with Crippen LogP contribution in [-0.2, 0) is 0 Å². The topological polar surface area (TPSA) is 55.1 Å². The third-order valence-corrected chi connectivity index (χ3v) is 3.11. The second kappa shape index (κ2) is 11.1. The smallest absolute Gasteiger partial charge is 0.335 e. The quantitative estimate of drug-likeness (QED) is 0.536. The summed E-state index contributed by atoms with van der Waals surface area (Å²) in [4.78, 5) is 11.2. The van der Waals surface area contributed by atoms with Crippen molar-refractivity contribution in [2.45, 2.75) is 13.8 Å². The molecule has 0 radical (unpaired) electrons. The molecule has 4 heteroatoms. The van der Waals surface area contributed by atoms with E-state index in [0.717, 1.165) is 11.3 Å². The van der Waals surface area contributed by atoms with E-state index in [4.69, 9.17) is 5.11 Å². The van der Waals surface area contributed by atoms with Crippen LogP contribution in [0.5, 0.6) is 0 Å². The zero-order valence-corrected chi connectivity index (χ0v) is 15.0. The van der Waals surface area contributed by atoms with Crippen molar-refractivity contribution in [2.24, 2.45) is 0 Å². The highest BCUT2D eigenvalue weighted by Gasteiger charge is 2.08. The van der Waals surface area contributed by atoms with Gasteiger partial charge < -0.3 is 5.11 Å². The Bertz CT molecular complexity index is 874. The molecule has 2 aromatic carbocycles. The molecule has 0 amide bonds. The van der Waals surface area contributed by atoms with E-state index in [1.54, 1.807) is 41.3 Å². The van der Waals surface area contributed by atoms with Gasteiger partial charge in [-0.2, -0.15) is 5.10 Å². The van der Waals surface area contributed by atoms with Crippen molar-refractivity contribution in [3.63, 3.8) is 0 Å². The van der Waals surface area contributed by atoms with Crippen molar-refractivity contribution < 1.29 is 9.90 Å². The van der Waals surface area contributed by atoms with Gasteiger partial charge in [0.05, 0.1) is 16.8 Å². The number of carbonyl (C=O) groups is 1. The molecule has 0 aliphatic heterocycles. The molecule has 0 fully saturated rings. The van der Waals surface area contributed by atoms with Gasteiger partial charge in [0.2, 0.25) is 0 Å². The average molecular weight is 346 g/mol. The second-order valence-electron chi connectivity index (χ2n) is 4.60. The van der Waals surface area contributed by atoms with Crippen molar-refractivity contribution in [3.8, 4) is 17.5 Å². The zero-order valence-electron chi connectivity index (χ0n) is 15.0. The standard InChI is InChI=1S/C18H12N2O2.C2H6.C2H4/c21-18(22)16-9-10-17(20-12-4-11-19-20)15(13-16)8-7-14-5-2-1-3-6-14;2*1-2/h1-6,9-13H,(H,21,22);1-2H3;1-2H2. The highest BCUT2D eigenvalue weighted by molar-refractivity contribution is 5.88. The van der Waals surface area contributed by atoms with E-state index in [1.807, 2.05) is 44.2 Å².